The van der Waals surface area contributed by atoms with Crippen molar-refractivity contribution in [1.82, 2.24) is 4.98 Å². The van der Waals surface area contributed by atoms with E-state index in [2.05, 4.69) is 4.98 Å². The Morgan fingerprint density at radius 2 is 2.12 bits per heavy atom. The normalized spacial score (nSPS) is 15.8. The van der Waals surface area contributed by atoms with Gasteiger partial charge in [-0.15, -0.1) is 0 Å². The molecule has 2 rings (SSSR count). The van der Waals surface area contributed by atoms with Crippen molar-refractivity contribution < 1.29 is 19.4 Å². The molecule has 0 amide bonds. The molecule has 1 saturated carbocycles. The minimum absolute atomic E-state index is 0.0289. The van der Waals surface area contributed by atoms with Gasteiger partial charge in [0.15, 0.2) is 17.2 Å². The summed E-state index contributed by atoms with van der Waals surface area (Å²) in [5.41, 5.74) is -0.0289. The number of aromatic nitrogens is 1. The summed E-state index contributed by atoms with van der Waals surface area (Å²) < 4.78 is 10.9. The fraction of sp³-hybridized carbons (Fsp3) is 0.500. The van der Waals surface area contributed by atoms with E-state index in [0.29, 0.717) is 11.5 Å². The molecule has 0 saturated heterocycles. The van der Waals surface area contributed by atoms with Crippen LogP contribution in [0.4, 0.5) is 0 Å². The lowest BCUT2D eigenvalue weighted by Gasteiger charge is -2.15. The Labute approximate surface area is 99.4 Å². The van der Waals surface area contributed by atoms with Crippen LogP contribution in [0.15, 0.2) is 12.3 Å². The minimum Gasteiger partial charge on any atom is -0.491 e. The number of methoxy groups -OCH3 is 1. The van der Waals surface area contributed by atoms with E-state index >= 15 is 0 Å². The van der Waals surface area contributed by atoms with Gasteiger partial charge in [-0.3, -0.25) is 0 Å². The van der Waals surface area contributed by atoms with E-state index < -0.39 is 5.97 Å². The monoisotopic (exact) mass is 237 g/mol. The number of aromatic carboxylic acids is 1. The fourth-order valence-electron chi connectivity index (χ4n) is 1.97. The summed E-state index contributed by atoms with van der Waals surface area (Å²) in [5, 5.41) is 8.87. The number of hydrogen-bond donors (Lipinski definition) is 1. The third-order valence-electron chi connectivity index (χ3n) is 2.87. The van der Waals surface area contributed by atoms with Crippen LogP contribution in [0.25, 0.3) is 0 Å². The molecule has 1 fully saturated rings. The van der Waals surface area contributed by atoms with Gasteiger partial charge in [0.05, 0.1) is 19.4 Å². The lowest BCUT2D eigenvalue weighted by Crippen LogP contribution is -2.12. The Hall–Kier alpha value is -1.78. The van der Waals surface area contributed by atoms with E-state index in [4.69, 9.17) is 14.6 Å². The predicted molar refractivity (Wildman–Crippen MR) is 60.6 cm³/mol. The number of carboxylic acid groups (broad SMARTS) is 1. The van der Waals surface area contributed by atoms with E-state index in [1.165, 1.54) is 19.4 Å². The molecule has 1 aliphatic rings. The van der Waals surface area contributed by atoms with Crippen LogP contribution in [0.5, 0.6) is 11.5 Å². The van der Waals surface area contributed by atoms with Crippen molar-refractivity contribution >= 4 is 5.97 Å². The van der Waals surface area contributed by atoms with Crippen LogP contribution in [-0.2, 0) is 0 Å². The first-order chi connectivity index (χ1) is 8.20. The second-order valence-electron chi connectivity index (χ2n) is 4.05. The second kappa shape index (κ2) is 5.03. The number of ether oxygens (including phenoxy) is 2. The molecule has 0 bridgehead atoms. The molecule has 1 N–H and O–H groups in total. The summed E-state index contributed by atoms with van der Waals surface area (Å²) in [6.07, 6.45) is 5.87. The zero-order valence-electron chi connectivity index (χ0n) is 9.68. The summed E-state index contributed by atoms with van der Waals surface area (Å²) in [6, 6.07) is 1.42. The smallest absolute Gasteiger partial charge is 0.354 e. The maximum Gasteiger partial charge on any atom is 0.354 e. The molecule has 5 nitrogen and oxygen atoms in total. The van der Waals surface area contributed by atoms with Crippen LogP contribution in [-0.4, -0.2) is 29.3 Å². The fourth-order valence-corrected chi connectivity index (χ4v) is 1.97. The molecule has 0 aromatic carbocycles. The largest absolute Gasteiger partial charge is 0.491 e. The van der Waals surface area contributed by atoms with Gasteiger partial charge in [-0.05, 0) is 25.7 Å². The molecule has 17 heavy (non-hydrogen) atoms. The molecule has 92 valence electrons. The zero-order valence-corrected chi connectivity index (χ0v) is 9.68. The molecule has 1 heterocycles. The molecule has 1 aromatic heterocycles. The van der Waals surface area contributed by atoms with Crippen LogP contribution < -0.4 is 9.47 Å². The van der Waals surface area contributed by atoms with E-state index in [1.807, 2.05) is 0 Å². The Morgan fingerprint density at radius 3 is 2.71 bits per heavy atom. The van der Waals surface area contributed by atoms with E-state index in [0.717, 1.165) is 25.7 Å². The van der Waals surface area contributed by atoms with Gasteiger partial charge in [-0.2, -0.15) is 0 Å². The summed E-state index contributed by atoms with van der Waals surface area (Å²) >= 11 is 0. The highest BCUT2D eigenvalue weighted by Gasteiger charge is 2.19. The number of carbonyl (C=O) groups is 1. The predicted octanol–water partition coefficient (Wildman–Crippen LogP) is 2.11. The van der Waals surface area contributed by atoms with Gasteiger partial charge in [0.2, 0.25) is 0 Å². The SMILES string of the molecule is COc1cnc(C(=O)O)cc1OC1CCCC1. The van der Waals surface area contributed by atoms with Crippen LogP contribution in [0.3, 0.4) is 0 Å². The first kappa shape index (κ1) is 11.7. The van der Waals surface area contributed by atoms with Crippen LogP contribution in [0, 0.1) is 0 Å². The second-order valence-corrected chi connectivity index (χ2v) is 4.05. The molecule has 5 heteroatoms. The minimum atomic E-state index is -1.07. The van der Waals surface area contributed by atoms with Crippen molar-refractivity contribution in [2.24, 2.45) is 0 Å². The van der Waals surface area contributed by atoms with E-state index in [9.17, 15) is 4.79 Å². The van der Waals surface area contributed by atoms with Crippen LogP contribution in [0.2, 0.25) is 0 Å². The third-order valence-corrected chi connectivity index (χ3v) is 2.87. The summed E-state index contributed by atoms with van der Waals surface area (Å²) in [6.45, 7) is 0. The highest BCUT2D eigenvalue weighted by atomic mass is 16.5. The lowest BCUT2D eigenvalue weighted by molar-refractivity contribution is 0.0689. The first-order valence-electron chi connectivity index (χ1n) is 5.64. The Morgan fingerprint density at radius 1 is 1.41 bits per heavy atom. The standard InChI is InChI=1S/C12H15NO4/c1-16-11-7-13-9(12(14)15)6-10(11)17-8-4-2-3-5-8/h6-8H,2-5H2,1H3,(H,14,15). The van der Waals surface area contributed by atoms with Gasteiger partial charge >= 0.3 is 5.97 Å². The van der Waals surface area contributed by atoms with Gasteiger partial charge in [-0.1, -0.05) is 0 Å². The van der Waals surface area contributed by atoms with Gasteiger partial charge in [0.25, 0.3) is 0 Å². The maximum atomic E-state index is 10.8. The number of nitrogens with zero attached hydrogens (tertiary/aromatic N) is 1. The van der Waals surface area contributed by atoms with Crippen molar-refractivity contribution in [2.45, 2.75) is 31.8 Å². The molecular weight excluding hydrogens is 222 g/mol. The van der Waals surface area contributed by atoms with Gasteiger partial charge in [-0.25, -0.2) is 9.78 Å². The molecule has 1 aromatic rings. The van der Waals surface area contributed by atoms with Gasteiger partial charge < -0.3 is 14.6 Å². The lowest BCUT2D eigenvalue weighted by atomic mass is 10.3. The Bertz CT molecular complexity index is 413. The average molecular weight is 237 g/mol. The van der Waals surface area contributed by atoms with E-state index in [1.54, 1.807) is 0 Å². The van der Waals surface area contributed by atoms with Gasteiger partial charge in [0.1, 0.15) is 0 Å². The van der Waals surface area contributed by atoms with Crippen molar-refractivity contribution in [3.63, 3.8) is 0 Å². The third kappa shape index (κ3) is 2.67. The maximum absolute atomic E-state index is 10.8. The summed E-state index contributed by atoms with van der Waals surface area (Å²) in [5.74, 6) is -0.127. The molecule has 0 atom stereocenters. The van der Waals surface area contributed by atoms with Crippen molar-refractivity contribution in [3.05, 3.63) is 18.0 Å². The highest BCUT2D eigenvalue weighted by molar-refractivity contribution is 5.86. The van der Waals surface area contributed by atoms with Crippen LogP contribution >= 0.6 is 0 Å². The van der Waals surface area contributed by atoms with Gasteiger partial charge in [0, 0.05) is 6.07 Å². The first-order valence-corrected chi connectivity index (χ1v) is 5.64. The average Bonchev–Trinajstić information content (AvgIpc) is 2.81. The number of pyridine rings is 1. The topological polar surface area (TPSA) is 68.7 Å². The highest BCUT2D eigenvalue weighted by Crippen LogP contribution is 2.31. The summed E-state index contributed by atoms with van der Waals surface area (Å²) in [7, 11) is 1.51. The Balaban J connectivity index is 2.21. The number of hydrogen-bond acceptors (Lipinski definition) is 4. The number of rotatable bonds is 4. The van der Waals surface area contributed by atoms with Crippen LogP contribution in [0.1, 0.15) is 36.2 Å². The molecule has 1 aliphatic carbocycles. The molecular formula is C12H15NO4. The van der Waals surface area contributed by atoms with Crippen molar-refractivity contribution in [3.8, 4) is 11.5 Å². The summed E-state index contributed by atoms with van der Waals surface area (Å²) in [4.78, 5) is 14.6. The van der Waals surface area contributed by atoms with Crippen molar-refractivity contribution in [1.29, 1.82) is 0 Å². The number of carboxylic acids is 1. The molecule has 0 radical (unpaired) electrons. The quantitative estimate of drug-likeness (QED) is 0.868. The van der Waals surface area contributed by atoms with Crippen molar-refractivity contribution in [2.75, 3.05) is 7.11 Å². The molecule has 0 aliphatic heterocycles. The molecule has 0 unspecified atom stereocenters. The zero-order chi connectivity index (χ0) is 12.3. The Kier molecular flexibility index (Phi) is 3.46. The molecule has 0 spiro atoms. The van der Waals surface area contributed by atoms with E-state index in [-0.39, 0.29) is 11.8 Å².